The molecule has 1 rings (SSSR count). The van der Waals surface area contributed by atoms with Crippen LogP contribution in [0.1, 0.15) is 6.42 Å². The highest BCUT2D eigenvalue weighted by Gasteiger charge is 2.11. The van der Waals surface area contributed by atoms with E-state index in [0.29, 0.717) is 18.1 Å². The third kappa shape index (κ3) is 3.37. The minimum atomic E-state index is -0.467. The zero-order chi connectivity index (χ0) is 12.0. The van der Waals surface area contributed by atoms with Crippen LogP contribution < -0.4 is 9.47 Å². The van der Waals surface area contributed by atoms with Crippen molar-refractivity contribution in [3.8, 4) is 11.5 Å². The van der Waals surface area contributed by atoms with E-state index >= 15 is 0 Å². The molecule has 0 aromatic heterocycles. The smallest absolute Gasteiger partial charge is 0.273 e. The van der Waals surface area contributed by atoms with E-state index in [2.05, 4.69) is 15.9 Å². The molecule has 0 unspecified atom stereocenters. The fraction of sp³-hybridized carbons (Fsp3) is 0.400. The lowest BCUT2D eigenvalue weighted by Crippen LogP contribution is -2.00. The Hall–Kier alpha value is -1.30. The van der Waals surface area contributed by atoms with Gasteiger partial charge in [-0.1, -0.05) is 15.9 Å². The largest absolute Gasteiger partial charge is 0.493 e. The first kappa shape index (κ1) is 12.8. The van der Waals surface area contributed by atoms with Crippen LogP contribution in [-0.4, -0.2) is 24.0 Å². The minimum Gasteiger partial charge on any atom is -0.493 e. The number of nitro groups is 1. The Morgan fingerprint density at radius 1 is 1.44 bits per heavy atom. The van der Waals surface area contributed by atoms with Crippen molar-refractivity contribution in [2.24, 2.45) is 0 Å². The molecule has 0 atom stereocenters. The van der Waals surface area contributed by atoms with E-state index in [4.69, 9.17) is 9.47 Å². The Labute approximate surface area is 102 Å². The standard InChI is InChI=1S/C10H12BrNO4/c1-15-10-7-8(12(13)14)3-4-9(10)16-6-2-5-11/h3-4,7H,2,5-6H2,1H3. The molecule has 0 amide bonds. The summed E-state index contributed by atoms with van der Waals surface area (Å²) in [5.74, 6) is 0.901. The van der Waals surface area contributed by atoms with Crippen LogP contribution in [0.4, 0.5) is 5.69 Å². The zero-order valence-electron chi connectivity index (χ0n) is 8.81. The predicted molar refractivity (Wildman–Crippen MR) is 63.6 cm³/mol. The number of ether oxygens (including phenoxy) is 2. The molecule has 0 aliphatic carbocycles. The van der Waals surface area contributed by atoms with Crippen molar-refractivity contribution in [3.63, 3.8) is 0 Å². The van der Waals surface area contributed by atoms with Gasteiger partial charge in [0.1, 0.15) is 0 Å². The Bertz CT molecular complexity index is 370. The number of methoxy groups -OCH3 is 1. The lowest BCUT2D eigenvalue weighted by molar-refractivity contribution is -0.384. The van der Waals surface area contributed by atoms with E-state index in [9.17, 15) is 10.1 Å². The third-order valence-corrected chi connectivity index (χ3v) is 2.45. The van der Waals surface area contributed by atoms with Gasteiger partial charge in [-0.2, -0.15) is 0 Å². The molecule has 6 heteroatoms. The molecule has 16 heavy (non-hydrogen) atoms. The molecule has 1 aromatic rings. The fourth-order valence-corrected chi connectivity index (χ4v) is 1.35. The average Bonchev–Trinajstić information content (AvgIpc) is 2.29. The molecule has 0 aliphatic heterocycles. The number of rotatable bonds is 6. The van der Waals surface area contributed by atoms with Gasteiger partial charge >= 0.3 is 0 Å². The number of nitro benzene ring substituents is 1. The van der Waals surface area contributed by atoms with Crippen LogP contribution in [0.2, 0.25) is 0 Å². The molecule has 5 nitrogen and oxygen atoms in total. The Balaban J connectivity index is 2.80. The molecule has 88 valence electrons. The number of non-ortho nitro benzene ring substituents is 1. The van der Waals surface area contributed by atoms with Gasteiger partial charge in [0, 0.05) is 11.4 Å². The summed E-state index contributed by atoms with van der Waals surface area (Å²) >= 11 is 3.29. The fourth-order valence-electron chi connectivity index (χ4n) is 1.13. The molecule has 0 radical (unpaired) electrons. The second kappa shape index (κ2) is 6.32. The summed E-state index contributed by atoms with van der Waals surface area (Å²) in [6.07, 6.45) is 0.861. The SMILES string of the molecule is COc1cc([N+](=O)[O-])ccc1OCCCBr. The van der Waals surface area contributed by atoms with Gasteiger partial charge in [0.05, 0.1) is 24.7 Å². The summed E-state index contributed by atoms with van der Waals surface area (Å²) in [5, 5.41) is 11.4. The lowest BCUT2D eigenvalue weighted by Gasteiger charge is -2.09. The van der Waals surface area contributed by atoms with E-state index in [1.165, 1.54) is 19.2 Å². The molecule has 0 heterocycles. The predicted octanol–water partition coefficient (Wildman–Crippen LogP) is 2.77. The van der Waals surface area contributed by atoms with Gasteiger partial charge in [-0.3, -0.25) is 10.1 Å². The lowest BCUT2D eigenvalue weighted by atomic mass is 10.3. The van der Waals surface area contributed by atoms with Crippen molar-refractivity contribution >= 4 is 21.6 Å². The summed E-state index contributed by atoms with van der Waals surface area (Å²) in [5.41, 5.74) is -0.00954. The van der Waals surface area contributed by atoms with Crippen LogP contribution in [0, 0.1) is 10.1 Å². The van der Waals surface area contributed by atoms with Crippen LogP contribution in [0.5, 0.6) is 11.5 Å². The van der Waals surface area contributed by atoms with Gasteiger partial charge in [0.25, 0.3) is 5.69 Å². The van der Waals surface area contributed by atoms with Gasteiger partial charge in [0.15, 0.2) is 11.5 Å². The Morgan fingerprint density at radius 3 is 2.75 bits per heavy atom. The average molecular weight is 290 g/mol. The molecule has 0 N–H and O–H groups in total. The van der Waals surface area contributed by atoms with Crippen molar-refractivity contribution < 1.29 is 14.4 Å². The van der Waals surface area contributed by atoms with E-state index in [1.807, 2.05) is 0 Å². The van der Waals surface area contributed by atoms with E-state index in [-0.39, 0.29) is 5.69 Å². The highest BCUT2D eigenvalue weighted by molar-refractivity contribution is 9.09. The number of nitrogens with zero attached hydrogens (tertiary/aromatic N) is 1. The molecular formula is C10H12BrNO4. The van der Waals surface area contributed by atoms with Gasteiger partial charge in [-0.05, 0) is 12.5 Å². The highest BCUT2D eigenvalue weighted by Crippen LogP contribution is 2.31. The normalized spacial score (nSPS) is 9.88. The van der Waals surface area contributed by atoms with Crippen molar-refractivity contribution in [1.29, 1.82) is 0 Å². The Morgan fingerprint density at radius 2 is 2.19 bits per heavy atom. The van der Waals surface area contributed by atoms with Crippen LogP contribution in [0.25, 0.3) is 0 Å². The van der Waals surface area contributed by atoms with E-state index < -0.39 is 4.92 Å². The summed E-state index contributed by atoms with van der Waals surface area (Å²) < 4.78 is 10.5. The van der Waals surface area contributed by atoms with Crippen molar-refractivity contribution in [1.82, 2.24) is 0 Å². The van der Waals surface area contributed by atoms with Crippen LogP contribution in [0.15, 0.2) is 18.2 Å². The highest BCUT2D eigenvalue weighted by atomic mass is 79.9. The molecule has 0 bridgehead atoms. The van der Waals surface area contributed by atoms with E-state index in [1.54, 1.807) is 6.07 Å². The summed E-state index contributed by atoms with van der Waals surface area (Å²) in [6.45, 7) is 0.541. The molecule has 1 aromatic carbocycles. The molecule has 0 saturated heterocycles. The zero-order valence-corrected chi connectivity index (χ0v) is 10.4. The number of halogens is 1. The Kier molecular flexibility index (Phi) is 5.04. The topological polar surface area (TPSA) is 61.6 Å². The molecule has 0 fully saturated rings. The first-order chi connectivity index (χ1) is 7.69. The van der Waals surface area contributed by atoms with Gasteiger partial charge in [0.2, 0.25) is 0 Å². The minimum absolute atomic E-state index is 0.00954. The number of alkyl halides is 1. The second-order valence-corrected chi connectivity index (χ2v) is 3.78. The summed E-state index contributed by atoms with van der Waals surface area (Å²) in [6, 6.07) is 4.29. The first-order valence-electron chi connectivity index (χ1n) is 4.70. The number of benzene rings is 1. The van der Waals surface area contributed by atoms with Crippen LogP contribution >= 0.6 is 15.9 Å². The maximum atomic E-state index is 10.5. The van der Waals surface area contributed by atoms with Gasteiger partial charge in [-0.15, -0.1) is 0 Å². The van der Waals surface area contributed by atoms with Crippen LogP contribution in [-0.2, 0) is 0 Å². The quantitative estimate of drug-likeness (QED) is 0.350. The maximum absolute atomic E-state index is 10.5. The molecule has 0 saturated carbocycles. The van der Waals surface area contributed by atoms with Crippen LogP contribution in [0.3, 0.4) is 0 Å². The maximum Gasteiger partial charge on any atom is 0.273 e. The van der Waals surface area contributed by atoms with Crippen molar-refractivity contribution in [2.75, 3.05) is 19.0 Å². The molecular weight excluding hydrogens is 278 g/mol. The third-order valence-electron chi connectivity index (χ3n) is 1.89. The van der Waals surface area contributed by atoms with Gasteiger partial charge < -0.3 is 9.47 Å². The number of hydrogen-bond donors (Lipinski definition) is 0. The monoisotopic (exact) mass is 289 g/mol. The van der Waals surface area contributed by atoms with Gasteiger partial charge in [-0.25, -0.2) is 0 Å². The number of hydrogen-bond acceptors (Lipinski definition) is 4. The molecule has 0 spiro atoms. The second-order valence-electron chi connectivity index (χ2n) is 2.98. The summed E-state index contributed by atoms with van der Waals surface area (Å²) in [7, 11) is 1.45. The summed E-state index contributed by atoms with van der Waals surface area (Å²) in [4.78, 5) is 10.1. The molecule has 0 aliphatic rings. The van der Waals surface area contributed by atoms with Crippen molar-refractivity contribution in [2.45, 2.75) is 6.42 Å². The van der Waals surface area contributed by atoms with Crippen molar-refractivity contribution in [3.05, 3.63) is 28.3 Å². The first-order valence-corrected chi connectivity index (χ1v) is 5.82. The van der Waals surface area contributed by atoms with E-state index in [0.717, 1.165) is 11.8 Å².